The lowest BCUT2D eigenvalue weighted by Gasteiger charge is -2.17. The molecule has 0 aliphatic rings. The van der Waals surface area contributed by atoms with E-state index < -0.39 is 0 Å². The Balaban J connectivity index is 2.92. The SMILES string of the molecule is C#CCNC(CN)c1cccc(Cl)c1Cl. The first-order chi connectivity index (χ1) is 7.20. The summed E-state index contributed by atoms with van der Waals surface area (Å²) in [5.41, 5.74) is 6.51. The predicted octanol–water partition coefficient (Wildman–Crippen LogP) is 2.22. The smallest absolute Gasteiger partial charge is 0.0640 e. The van der Waals surface area contributed by atoms with Crippen molar-refractivity contribution in [2.24, 2.45) is 5.73 Å². The largest absolute Gasteiger partial charge is 0.329 e. The molecule has 15 heavy (non-hydrogen) atoms. The summed E-state index contributed by atoms with van der Waals surface area (Å²) in [7, 11) is 0. The van der Waals surface area contributed by atoms with E-state index in [1.54, 1.807) is 6.07 Å². The molecule has 2 nitrogen and oxygen atoms in total. The van der Waals surface area contributed by atoms with Crippen LogP contribution in [0, 0.1) is 12.3 Å². The molecule has 0 spiro atoms. The van der Waals surface area contributed by atoms with E-state index in [-0.39, 0.29) is 6.04 Å². The maximum atomic E-state index is 6.07. The first kappa shape index (κ1) is 12.4. The molecule has 1 aromatic carbocycles. The van der Waals surface area contributed by atoms with Gasteiger partial charge in [0, 0.05) is 12.6 Å². The topological polar surface area (TPSA) is 38.0 Å². The second-order valence-electron chi connectivity index (χ2n) is 3.02. The Bertz CT molecular complexity index is 371. The van der Waals surface area contributed by atoms with Gasteiger partial charge in [-0.3, -0.25) is 5.32 Å². The molecule has 0 radical (unpaired) electrons. The summed E-state index contributed by atoms with van der Waals surface area (Å²) in [6, 6.07) is 5.40. The number of benzene rings is 1. The maximum absolute atomic E-state index is 6.07. The quantitative estimate of drug-likeness (QED) is 0.795. The van der Waals surface area contributed by atoms with Crippen LogP contribution in [-0.4, -0.2) is 13.1 Å². The molecule has 1 unspecified atom stereocenters. The number of nitrogens with two attached hydrogens (primary N) is 1. The van der Waals surface area contributed by atoms with Gasteiger partial charge in [-0.1, -0.05) is 41.3 Å². The Labute approximate surface area is 99.8 Å². The van der Waals surface area contributed by atoms with Crippen LogP contribution in [0.3, 0.4) is 0 Å². The molecule has 0 saturated carbocycles. The molecule has 1 atom stereocenters. The first-order valence-electron chi connectivity index (χ1n) is 4.51. The van der Waals surface area contributed by atoms with Gasteiger partial charge in [0.15, 0.2) is 0 Å². The van der Waals surface area contributed by atoms with Crippen LogP contribution in [0.25, 0.3) is 0 Å². The highest BCUT2D eigenvalue weighted by molar-refractivity contribution is 6.42. The number of hydrogen-bond acceptors (Lipinski definition) is 2. The number of halogens is 2. The molecule has 0 aliphatic heterocycles. The van der Waals surface area contributed by atoms with E-state index in [1.807, 2.05) is 12.1 Å². The van der Waals surface area contributed by atoms with Gasteiger partial charge >= 0.3 is 0 Å². The van der Waals surface area contributed by atoms with E-state index in [9.17, 15) is 0 Å². The van der Waals surface area contributed by atoms with Crippen molar-refractivity contribution >= 4 is 23.2 Å². The number of hydrogen-bond donors (Lipinski definition) is 2. The van der Waals surface area contributed by atoms with Crippen LogP contribution in [0.1, 0.15) is 11.6 Å². The van der Waals surface area contributed by atoms with Gasteiger partial charge in [-0.2, -0.15) is 0 Å². The van der Waals surface area contributed by atoms with E-state index in [0.29, 0.717) is 23.1 Å². The lowest BCUT2D eigenvalue weighted by molar-refractivity contribution is 0.582. The standard InChI is InChI=1S/C11H12Cl2N2/c1-2-6-15-10(7-14)8-4-3-5-9(12)11(8)13/h1,3-5,10,15H,6-7,14H2. The molecule has 1 aromatic rings. The second kappa shape index (κ2) is 5.99. The fourth-order valence-electron chi connectivity index (χ4n) is 1.29. The van der Waals surface area contributed by atoms with Crippen molar-refractivity contribution in [2.45, 2.75) is 6.04 Å². The summed E-state index contributed by atoms with van der Waals surface area (Å²) < 4.78 is 0. The summed E-state index contributed by atoms with van der Waals surface area (Å²) in [6.45, 7) is 0.868. The van der Waals surface area contributed by atoms with E-state index in [0.717, 1.165) is 5.56 Å². The van der Waals surface area contributed by atoms with Crippen molar-refractivity contribution in [3.8, 4) is 12.3 Å². The van der Waals surface area contributed by atoms with Crippen molar-refractivity contribution in [1.82, 2.24) is 5.32 Å². The van der Waals surface area contributed by atoms with Crippen molar-refractivity contribution < 1.29 is 0 Å². The fourth-order valence-corrected chi connectivity index (χ4v) is 1.73. The number of rotatable bonds is 4. The lowest BCUT2D eigenvalue weighted by Crippen LogP contribution is -2.28. The van der Waals surface area contributed by atoms with Gasteiger partial charge in [0.25, 0.3) is 0 Å². The molecule has 3 N–H and O–H groups in total. The highest BCUT2D eigenvalue weighted by atomic mass is 35.5. The van der Waals surface area contributed by atoms with E-state index >= 15 is 0 Å². The molecule has 4 heteroatoms. The molecule has 0 aliphatic carbocycles. The third kappa shape index (κ3) is 3.12. The minimum absolute atomic E-state index is 0.0627. The number of terminal acetylenes is 1. The summed E-state index contributed by atoms with van der Waals surface area (Å²) in [4.78, 5) is 0. The van der Waals surface area contributed by atoms with Gasteiger partial charge in [0.05, 0.1) is 16.6 Å². The van der Waals surface area contributed by atoms with Crippen LogP contribution in [0.5, 0.6) is 0 Å². The Morgan fingerprint density at radius 3 is 2.80 bits per heavy atom. The highest BCUT2D eigenvalue weighted by Gasteiger charge is 2.13. The van der Waals surface area contributed by atoms with E-state index in [2.05, 4.69) is 11.2 Å². The molecule has 80 valence electrons. The van der Waals surface area contributed by atoms with Crippen molar-refractivity contribution in [3.05, 3.63) is 33.8 Å². The predicted molar refractivity (Wildman–Crippen MR) is 65.1 cm³/mol. The van der Waals surface area contributed by atoms with Crippen molar-refractivity contribution in [1.29, 1.82) is 0 Å². The molecule has 1 rings (SSSR count). The lowest BCUT2D eigenvalue weighted by atomic mass is 10.1. The minimum atomic E-state index is -0.0627. The molecule has 0 saturated heterocycles. The van der Waals surface area contributed by atoms with Crippen LogP contribution < -0.4 is 11.1 Å². The number of nitrogens with one attached hydrogen (secondary N) is 1. The third-order valence-corrected chi connectivity index (χ3v) is 2.88. The minimum Gasteiger partial charge on any atom is -0.329 e. The summed E-state index contributed by atoms with van der Waals surface area (Å²) in [5.74, 6) is 2.49. The van der Waals surface area contributed by atoms with Crippen LogP contribution >= 0.6 is 23.2 Å². The highest BCUT2D eigenvalue weighted by Crippen LogP contribution is 2.29. The molecule has 0 aromatic heterocycles. The van der Waals surface area contributed by atoms with Gasteiger partial charge in [0.1, 0.15) is 0 Å². The molecular formula is C11H12Cl2N2. The summed E-state index contributed by atoms with van der Waals surface area (Å²) in [5, 5.41) is 4.15. The molecule has 0 fully saturated rings. The summed E-state index contributed by atoms with van der Waals surface area (Å²) in [6.07, 6.45) is 5.17. The van der Waals surface area contributed by atoms with Gasteiger partial charge in [0.2, 0.25) is 0 Å². The monoisotopic (exact) mass is 242 g/mol. The van der Waals surface area contributed by atoms with Crippen molar-refractivity contribution in [2.75, 3.05) is 13.1 Å². The van der Waals surface area contributed by atoms with Crippen LogP contribution in [0.2, 0.25) is 10.0 Å². The van der Waals surface area contributed by atoms with E-state index in [4.69, 9.17) is 35.4 Å². The van der Waals surface area contributed by atoms with Gasteiger partial charge in [-0.25, -0.2) is 0 Å². The van der Waals surface area contributed by atoms with Crippen molar-refractivity contribution in [3.63, 3.8) is 0 Å². The Kier molecular flexibility index (Phi) is 4.93. The third-order valence-electron chi connectivity index (χ3n) is 2.04. The van der Waals surface area contributed by atoms with Crippen LogP contribution in [-0.2, 0) is 0 Å². The molecule has 0 heterocycles. The maximum Gasteiger partial charge on any atom is 0.0640 e. The summed E-state index contributed by atoms with van der Waals surface area (Å²) >= 11 is 12.0. The Morgan fingerprint density at radius 1 is 1.47 bits per heavy atom. The first-order valence-corrected chi connectivity index (χ1v) is 5.27. The molecule has 0 bridgehead atoms. The fraction of sp³-hybridized carbons (Fsp3) is 0.273. The average Bonchev–Trinajstić information content (AvgIpc) is 2.25. The van der Waals surface area contributed by atoms with Gasteiger partial charge in [-0.05, 0) is 11.6 Å². The Morgan fingerprint density at radius 2 is 2.20 bits per heavy atom. The Hall–Kier alpha value is -0.720. The van der Waals surface area contributed by atoms with Gasteiger partial charge < -0.3 is 5.73 Å². The zero-order valence-electron chi connectivity index (χ0n) is 8.13. The second-order valence-corrected chi connectivity index (χ2v) is 3.80. The van der Waals surface area contributed by atoms with Crippen LogP contribution in [0.15, 0.2) is 18.2 Å². The molecule has 0 amide bonds. The zero-order valence-corrected chi connectivity index (χ0v) is 9.65. The average molecular weight is 243 g/mol. The molecular weight excluding hydrogens is 231 g/mol. The van der Waals surface area contributed by atoms with Gasteiger partial charge in [-0.15, -0.1) is 6.42 Å². The zero-order chi connectivity index (χ0) is 11.3. The van der Waals surface area contributed by atoms with E-state index in [1.165, 1.54) is 0 Å². The normalized spacial score (nSPS) is 12.1. The van der Waals surface area contributed by atoms with Crippen LogP contribution in [0.4, 0.5) is 0 Å².